The number of aromatic nitrogens is 4. The van der Waals surface area contributed by atoms with Gasteiger partial charge in [0.05, 0.1) is 6.54 Å². The SMILES string of the molecule is CC1(C)C(=O)NC(=O)CN1c1cc(Cl)nc2ncnn12. The zero-order valence-electron chi connectivity index (χ0n) is 10.8. The van der Waals surface area contributed by atoms with Crippen LogP contribution in [-0.4, -0.2) is 43.5 Å². The lowest BCUT2D eigenvalue weighted by atomic mass is 9.99. The van der Waals surface area contributed by atoms with Crippen molar-refractivity contribution >= 4 is 35.0 Å². The molecule has 9 heteroatoms. The quantitative estimate of drug-likeness (QED) is 0.589. The molecule has 3 heterocycles. The number of hydrogen-bond acceptors (Lipinski definition) is 6. The summed E-state index contributed by atoms with van der Waals surface area (Å²) in [6, 6.07) is 1.55. The Balaban J connectivity index is 2.20. The minimum atomic E-state index is -0.919. The van der Waals surface area contributed by atoms with E-state index in [2.05, 4.69) is 20.4 Å². The van der Waals surface area contributed by atoms with E-state index >= 15 is 0 Å². The number of hydrogen-bond donors (Lipinski definition) is 1. The first-order valence-corrected chi connectivity index (χ1v) is 6.25. The van der Waals surface area contributed by atoms with Crippen LogP contribution < -0.4 is 10.2 Å². The van der Waals surface area contributed by atoms with Gasteiger partial charge >= 0.3 is 0 Å². The topological polar surface area (TPSA) is 92.5 Å². The third kappa shape index (κ3) is 1.80. The van der Waals surface area contributed by atoms with Crippen LogP contribution in [0.4, 0.5) is 5.82 Å². The summed E-state index contributed by atoms with van der Waals surface area (Å²) in [5.74, 6) is 0.0397. The number of nitrogens with one attached hydrogen (secondary N) is 1. The highest BCUT2D eigenvalue weighted by atomic mass is 35.5. The van der Waals surface area contributed by atoms with Gasteiger partial charge in [0.15, 0.2) is 0 Å². The van der Waals surface area contributed by atoms with Crippen LogP contribution >= 0.6 is 11.6 Å². The summed E-state index contributed by atoms with van der Waals surface area (Å²) in [6.07, 6.45) is 1.33. The first-order chi connectivity index (χ1) is 9.39. The van der Waals surface area contributed by atoms with Crippen molar-refractivity contribution in [1.82, 2.24) is 24.9 Å². The number of nitrogens with zero attached hydrogens (tertiary/aromatic N) is 5. The fraction of sp³-hybridized carbons (Fsp3) is 0.364. The molecule has 0 bridgehead atoms. The molecule has 3 rings (SSSR count). The minimum Gasteiger partial charge on any atom is -0.333 e. The van der Waals surface area contributed by atoms with Gasteiger partial charge in [-0.15, -0.1) is 0 Å². The van der Waals surface area contributed by atoms with Crippen molar-refractivity contribution in [1.29, 1.82) is 0 Å². The van der Waals surface area contributed by atoms with Crippen molar-refractivity contribution in [3.8, 4) is 0 Å². The van der Waals surface area contributed by atoms with Crippen LogP contribution in [0.2, 0.25) is 5.15 Å². The average molecular weight is 295 g/mol. The second kappa shape index (κ2) is 4.14. The maximum absolute atomic E-state index is 12.0. The van der Waals surface area contributed by atoms with E-state index in [9.17, 15) is 9.59 Å². The Hall–Kier alpha value is -2.22. The number of imide groups is 1. The van der Waals surface area contributed by atoms with Crippen molar-refractivity contribution in [2.75, 3.05) is 11.4 Å². The number of anilines is 1. The standard InChI is InChI=1S/C11H11ClN6O2/c1-11(2)9(20)16-7(19)4-17(11)8-3-6(12)15-10-13-5-14-18(8)10/h3,5H,4H2,1-2H3,(H,16,19,20). The van der Waals surface area contributed by atoms with Crippen molar-refractivity contribution in [3.63, 3.8) is 0 Å². The van der Waals surface area contributed by atoms with Crippen molar-refractivity contribution in [2.24, 2.45) is 0 Å². The average Bonchev–Trinajstić information content (AvgIpc) is 2.81. The molecule has 0 atom stereocenters. The molecule has 1 aliphatic heterocycles. The Labute approximate surface area is 118 Å². The van der Waals surface area contributed by atoms with Gasteiger partial charge in [-0.1, -0.05) is 11.6 Å². The fourth-order valence-corrected chi connectivity index (χ4v) is 2.28. The van der Waals surface area contributed by atoms with Crippen LogP contribution in [0.25, 0.3) is 5.78 Å². The molecule has 1 fully saturated rings. The van der Waals surface area contributed by atoms with Gasteiger partial charge in [0.2, 0.25) is 5.91 Å². The smallest absolute Gasteiger partial charge is 0.255 e. The number of piperazine rings is 1. The Kier molecular flexibility index (Phi) is 2.65. The summed E-state index contributed by atoms with van der Waals surface area (Å²) in [7, 11) is 0. The molecule has 2 amide bonds. The van der Waals surface area contributed by atoms with Gasteiger partial charge in [-0.25, -0.2) is 0 Å². The highest BCUT2D eigenvalue weighted by Gasteiger charge is 2.42. The molecule has 1 saturated heterocycles. The van der Waals surface area contributed by atoms with Gasteiger partial charge in [-0.2, -0.15) is 19.6 Å². The fourth-order valence-electron chi connectivity index (χ4n) is 2.11. The Bertz CT molecular complexity index is 725. The monoisotopic (exact) mass is 294 g/mol. The van der Waals surface area contributed by atoms with Crippen LogP contribution in [0.15, 0.2) is 12.4 Å². The molecule has 1 aliphatic rings. The van der Waals surface area contributed by atoms with E-state index < -0.39 is 5.54 Å². The minimum absolute atomic E-state index is 0.0219. The van der Waals surface area contributed by atoms with Crippen molar-refractivity contribution in [3.05, 3.63) is 17.5 Å². The molecule has 0 unspecified atom stereocenters. The molecular formula is C11H11ClN6O2. The summed E-state index contributed by atoms with van der Waals surface area (Å²) in [6.45, 7) is 3.45. The number of amides is 2. The van der Waals surface area contributed by atoms with E-state index in [0.29, 0.717) is 11.6 Å². The van der Waals surface area contributed by atoms with Crippen LogP contribution in [0.5, 0.6) is 0 Å². The van der Waals surface area contributed by atoms with E-state index in [0.717, 1.165) is 0 Å². The molecule has 1 N–H and O–H groups in total. The second-order valence-corrected chi connectivity index (χ2v) is 5.32. The van der Waals surface area contributed by atoms with E-state index in [4.69, 9.17) is 11.6 Å². The molecule has 0 spiro atoms. The number of carbonyl (C=O) groups is 2. The van der Waals surface area contributed by atoms with E-state index in [1.807, 2.05) is 0 Å². The number of rotatable bonds is 1. The number of carbonyl (C=O) groups excluding carboxylic acids is 2. The zero-order valence-corrected chi connectivity index (χ0v) is 11.5. The zero-order chi connectivity index (χ0) is 14.5. The summed E-state index contributed by atoms with van der Waals surface area (Å²) < 4.78 is 1.44. The van der Waals surface area contributed by atoms with Gasteiger partial charge in [0.1, 0.15) is 22.8 Å². The van der Waals surface area contributed by atoms with E-state index in [1.54, 1.807) is 24.8 Å². The molecular weight excluding hydrogens is 284 g/mol. The molecule has 0 aromatic carbocycles. The molecule has 20 heavy (non-hydrogen) atoms. The summed E-state index contributed by atoms with van der Waals surface area (Å²) in [5.41, 5.74) is -0.919. The molecule has 0 radical (unpaired) electrons. The molecule has 104 valence electrons. The van der Waals surface area contributed by atoms with Gasteiger partial charge in [-0.05, 0) is 13.8 Å². The van der Waals surface area contributed by atoms with Gasteiger partial charge in [0.25, 0.3) is 11.7 Å². The predicted octanol–water partition coefficient (Wildman–Crippen LogP) is 0.0191. The largest absolute Gasteiger partial charge is 0.333 e. The van der Waals surface area contributed by atoms with Crippen molar-refractivity contribution in [2.45, 2.75) is 19.4 Å². The third-order valence-electron chi connectivity index (χ3n) is 3.26. The lowest BCUT2D eigenvalue weighted by Crippen LogP contribution is -2.64. The lowest BCUT2D eigenvalue weighted by Gasteiger charge is -2.41. The lowest BCUT2D eigenvalue weighted by molar-refractivity contribution is -0.135. The maximum atomic E-state index is 12.0. The first-order valence-electron chi connectivity index (χ1n) is 5.88. The van der Waals surface area contributed by atoms with Gasteiger partial charge in [0, 0.05) is 6.07 Å². The van der Waals surface area contributed by atoms with E-state index in [1.165, 1.54) is 10.8 Å². The third-order valence-corrected chi connectivity index (χ3v) is 3.46. The summed E-state index contributed by atoms with van der Waals surface area (Å²) in [5, 5.41) is 6.58. The van der Waals surface area contributed by atoms with Crippen molar-refractivity contribution < 1.29 is 9.59 Å². The number of fused-ring (bicyclic) bond motifs is 1. The Morgan fingerprint density at radius 3 is 2.90 bits per heavy atom. The second-order valence-electron chi connectivity index (χ2n) is 4.93. The molecule has 2 aromatic heterocycles. The van der Waals surface area contributed by atoms with E-state index in [-0.39, 0.29) is 23.5 Å². The molecule has 0 saturated carbocycles. The van der Waals surface area contributed by atoms with Gasteiger partial charge in [-0.3, -0.25) is 14.9 Å². The van der Waals surface area contributed by atoms with Crippen LogP contribution in [0, 0.1) is 0 Å². The Morgan fingerprint density at radius 1 is 1.40 bits per heavy atom. The maximum Gasteiger partial charge on any atom is 0.255 e. The van der Waals surface area contributed by atoms with Crippen LogP contribution in [-0.2, 0) is 9.59 Å². The summed E-state index contributed by atoms with van der Waals surface area (Å²) in [4.78, 5) is 33.3. The Morgan fingerprint density at radius 2 is 2.15 bits per heavy atom. The molecule has 8 nitrogen and oxygen atoms in total. The van der Waals surface area contributed by atoms with Crippen LogP contribution in [0.3, 0.4) is 0 Å². The normalized spacial score (nSPS) is 18.4. The van der Waals surface area contributed by atoms with Crippen LogP contribution in [0.1, 0.15) is 13.8 Å². The highest BCUT2D eigenvalue weighted by Crippen LogP contribution is 2.27. The number of halogens is 1. The predicted molar refractivity (Wildman–Crippen MR) is 70.4 cm³/mol. The van der Waals surface area contributed by atoms with Gasteiger partial charge < -0.3 is 4.90 Å². The molecule has 2 aromatic rings. The highest BCUT2D eigenvalue weighted by molar-refractivity contribution is 6.29. The molecule has 0 aliphatic carbocycles. The first kappa shape index (κ1) is 12.8. The summed E-state index contributed by atoms with van der Waals surface area (Å²) >= 11 is 5.96.